The molecule has 0 radical (unpaired) electrons. The first kappa shape index (κ1) is 15.0. The van der Waals surface area contributed by atoms with E-state index < -0.39 is 0 Å². The van der Waals surface area contributed by atoms with Gasteiger partial charge in [0.05, 0.1) is 28.3 Å². The topological polar surface area (TPSA) is 62.6 Å². The number of rotatable bonds is 3. The Labute approximate surface area is 134 Å². The summed E-state index contributed by atoms with van der Waals surface area (Å²) in [4.78, 5) is 6.84. The molecule has 0 aliphatic carbocycles. The molecule has 118 valence electrons. The SMILES string of the molecule is Cc1nn(C)c2nc(N(C)Cc3cc(C(C)(C)C)n[nH]3)sc12. The maximum absolute atomic E-state index is 4.70. The molecular formula is C15H22N6S. The van der Waals surface area contributed by atoms with Crippen LogP contribution in [0.2, 0.25) is 0 Å². The number of nitrogens with one attached hydrogen (secondary N) is 1. The van der Waals surface area contributed by atoms with Crippen LogP contribution in [-0.4, -0.2) is 32.0 Å². The summed E-state index contributed by atoms with van der Waals surface area (Å²) in [6.45, 7) is 9.28. The molecule has 3 rings (SSSR count). The molecule has 0 unspecified atom stereocenters. The van der Waals surface area contributed by atoms with Gasteiger partial charge in [-0.05, 0) is 13.0 Å². The van der Waals surface area contributed by atoms with Crippen LogP contribution in [-0.2, 0) is 19.0 Å². The van der Waals surface area contributed by atoms with Crippen molar-refractivity contribution in [2.75, 3.05) is 11.9 Å². The number of anilines is 1. The van der Waals surface area contributed by atoms with Gasteiger partial charge in [-0.1, -0.05) is 32.1 Å². The van der Waals surface area contributed by atoms with Crippen LogP contribution in [0.1, 0.15) is 37.9 Å². The van der Waals surface area contributed by atoms with Gasteiger partial charge in [0.2, 0.25) is 0 Å². The molecular weight excluding hydrogens is 296 g/mol. The minimum absolute atomic E-state index is 0.0615. The Hall–Kier alpha value is -1.89. The molecule has 3 heterocycles. The zero-order valence-electron chi connectivity index (χ0n) is 13.9. The van der Waals surface area contributed by atoms with Crippen LogP contribution in [0.4, 0.5) is 5.13 Å². The Kier molecular flexibility index (Phi) is 3.47. The molecule has 0 atom stereocenters. The van der Waals surface area contributed by atoms with Crippen LogP contribution in [0.3, 0.4) is 0 Å². The van der Waals surface area contributed by atoms with Gasteiger partial charge in [-0.3, -0.25) is 5.10 Å². The Morgan fingerprint density at radius 3 is 2.68 bits per heavy atom. The molecule has 6 nitrogen and oxygen atoms in total. The third-order valence-corrected chi connectivity index (χ3v) is 4.93. The fourth-order valence-electron chi connectivity index (χ4n) is 2.39. The lowest BCUT2D eigenvalue weighted by Crippen LogP contribution is -2.16. The lowest BCUT2D eigenvalue weighted by molar-refractivity contribution is 0.567. The Balaban J connectivity index is 1.82. The fraction of sp³-hybridized carbons (Fsp3) is 0.533. The second-order valence-electron chi connectivity index (χ2n) is 6.74. The molecule has 0 aliphatic heterocycles. The van der Waals surface area contributed by atoms with E-state index in [2.05, 4.69) is 54.1 Å². The summed E-state index contributed by atoms with van der Waals surface area (Å²) in [5.41, 5.74) is 4.23. The summed E-state index contributed by atoms with van der Waals surface area (Å²) >= 11 is 1.68. The summed E-state index contributed by atoms with van der Waals surface area (Å²) in [7, 11) is 3.99. The average Bonchev–Trinajstić information content (AvgIpc) is 3.07. The first-order valence-corrected chi connectivity index (χ1v) is 8.13. The molecule has 3 aromatic heterocycles. The zero-order valence-corrected chi connectivity index (χ0v) is 14.7. The quantitative estimate of drug-likeness (QED) is 0.806. The summed E-state index contributed by atoms with van der Waals surface area (Å²) in [5, 5.41) is 12.9. The normalized spacial score (nSPS) is 12.3. The lowest BCUT2D eigenvalue weighted by Gasteiger charge is -2.15. The summed E-state index contributed by atoms with van der Waals surface area (Å²) in [6.07, 6.45) is 0. The van der Waals surface area contributed by atoms with Crippen molar-refractivity contribution < 1.29 is 0 Å². The van der Waals surface area contributed by atoms with Crippen LogP contribution < -0.4 is 4.90 Å². The number of fused-ring (bicyclic) bond motifs is 1. The number of H-pyrrole nitrogens is 1. The first-order valence-electron chi connectivity index (χ1n) is 7.32. The zero-order chi connectivity index (χ0) is 16.1. The molecule has 0 aromatic carbocycles. The van der Waals surface area contributed by atoms with E-state index in [1.54, 1.807) is 11.3 Å². The van der Waals surface area contributed by atoms with Gasteiger partial charge in [-0.15, -0.1) is 0 Å². The molecule has 7 heteroatoms. The second kappa shape index (κ2) is 5.08. The van der Waals surface area contributed by atoms with Crippen molar-refractivity contribution >= 4 is 26.8 Å². The largest absolute Gasteiger partial charge is 0.345 e. The summed E-state index contributed by atoms with van der Waals surface area (Å²) < 4.78 is 3.00. The Morgan fingerprint density at radius 2 is 2.09 bits per heavy atom. The maximum Gasteiger partial charge on any atom is 0.188 e. The van der Waals surface area contributed by atoms with Crippen LogP contribution in [0, 0.1) is 6.92 Å². The van der Waals surface area contributed by atoms with Gasteiger partial charge in [0, 0.05) is 19.5 Å². The van der Waals surface area contributed by atoms with Gasteiger partial charge in [-0.25, -0.2) is 9.67 Å². The number of nitrogens with zero attached hydrogens (tertiary/aromatic N) is 5. The molecule has 0 amide bonds. The molecule has 0 saturated heterocycles. The van der Waals surface area contributed by atoms with Crippen molar-refractivity contribution in [2.45, 2.75) is 39.7 Å². The molecule has 0 aliphatic rings. The molecule has 22 heavy (non-hydrogen) atoms. The van der Waals surface area contributed by atoms with Crippen molar-refractivity contribution in [3.63, 3.8) is 0 Å². The number of aromatic amines is 1. The minimum Gasteiger partial charge on any atom is -0.345 e. The summed E-state index contributed by atoms with van der Waals surface area (Å²) in [5.74, 6) is 0. The Bertz CT molecular complexity index is 769. The van der Waals surface area contributed by atoms with Crippen molar-refractivity contribution in [1.82, 2.24) is 25.0 Å². The maximum atomic E-state index is 4.70. The standard InChI is InChI=1S/C15H22N6S/c1-9-12-13(21(6)19-9)16-14(22-12)20(5)8-10-7-11(18-17-10)15(2,3)4/h7H,8H2,1-6H3,(H,17,18). The van der Waals surface area contributed by atoms with Crippen LogP contribution >= 0.6 is 11.3 Å². The van der Waals surface area contributed by atoms with Gasteiger partial charge in [0.15, 0.2) is 10.8 Å². The smallest absolute Gasteiger partial charge is 0.188 e. The number of aryl methyl sites for hydroxylation is 2. The second-order valence-corrected chi connectivity index (χ2v) is 7.72. The van der Waals surface area contributed by atoms with Gasteiger partial charge >= 0.3 is 0 Å². The lowest BCUT2D eigenvalue weighted by atomic mass is 9.92. The van der Waals surface area contributed by atoms with E-state index in [-0.39, 0.29) is 5.41 Å². The first-order chi connectivity index (χ1) is 10.3. The van der Waals surface area contributed by atoms with E-state index in [0.29, 0.717) is 0 Å². The van der Waals surface area contributed by atoms with E-state index in [0.717, 1.165) is 39.1 Å². The summed E-state index contributed by atoms with van der Waals surface area (Å²) in [6, 6.07) is 2.14. The van der Waals surface area contributed by atoms with Crippen LogP contribution in [0.5, 0.6) is 0 Å². The van der Waals surface area contributed by atoms with E-state index >= 15 is 0 Å². The highest BCUT2D eigenvalue weighted by Crippen LogP contribution is 2.31. The van der Waals surface area contributed by atoms with Crippen molar-refractivity contribution in [3.05, 3.63) is 23.1 Å². The molecule has 0 saturated carbocycles. The predicted octanol–water partition coefficient (Wildman–Crippen LogP) is 3.00. The van der Waals surface area contributed by atoms with Gasteiger partial charge in [0.1, 0.15) is 0 Å². The monoisotopic (exact) mass is 318 g/mol. The number of hydrogen-bond acceptors (Lipinski definition) is 5. The van der Waals surface area contributed by atoms with E-state index in [9.17, 15) is 0 Å². The fourth-order valence-corrected chi connectivity index (χ4v) is 3.38. The Morgan fingerprint density at radius 1 is 1.36 bits per heavy atom. The van der Waals surface area contributed by atoms with E-state index in [1.165, 1.54) is 0 Å². The molecule has 3 aromatic rings. The van der Waals surface area contributed by atoms with Crippen molar-refractivity contribution in [3.8, 4) is 0 Å². The molecule has 0 fully saturated rings. The van der Waals surface area contributed by atoms with E-state index in [4.69, 9.17) is 4.98 Å². The highest BCUT2D eigenvalue weighted by molar-refractivity contribution is 7.22. The van der Waals surface area contributed by atoms with E-state index in [1.807, 2.05) is 18.7 Å². The highest BCUT2D eigenvalue weighted by Gasteiger charge is 2.19. The van der Waals surface area contributed by atoms with Crippen LogP contribution in [0.25, 0.3) is 10.3 Å². The van der Waals surface area contributed by atoms with Gasteiger partial charge in [-0.2, -0.15) is 10.2 Å². The minimum atomic E-state index is 0.0615. The van der Waals surface area contributed by atoms with Crippen molar-refractivity contribution in [2.24, 2.45) is 7.05 Å². The van der Waals surface area contributed by atoms with Gasteiger partial charge in [0.25, 0.3) is 0 Å². The van der Waals surface area contributed by atoms with Crippen molar-refractivity contribution in [1.29, 1.82) is 0 Å². The van der Waals surface area contributed by atoms with Crippen LogP contribution in [0.15, 0.2) is 6.07 Å². The van der Waals surface area contributed by atoms with Gasteiger partial charge < -0.3 is 4.90 Å². The molecule has 0 bridgehead atoms. The number of aromatic nitrogens is 5. The highest BCUT2D eigenvalue weighted by atomic mass is 32.1. The average molecular weight is 318 g/mol. The predicted molar refractivity (Wildman–Crippen MR) is 90.5 cm³/mol. The molecule has 0 spiro atoms. The third-order valence-electron chi connectivity index (χ3n) is 3.67. The number of hydrogen-bond donors (Lipinski definition) is 1. The molecule has 1 N–H and O–H groups in total. The third kappa shape index (κ3) is 2.61. The number of thiazole rings is 1.